The van der Waals surface area contributed by atoms with Crippen LogP contribution in [0.15, 0.2) is 36.7 Å². The molecule has 0 radical (unpaired) electrons. The van der Waals surface area contributed by atoms with Crippen molar-refractivity contribution >= 4 is 11.6 Å². The topological polar surface area (TPSA) is 78.8 Å². The molecule has 0 aliphatic heterocycles. The van der Waals surface area contributed by atoms with Gasteiger partial charge < -0.3 is 15.2 Å². The summed E-state index contributed by atoms with van der Waals surface area (Å²) in [6.07, 6.45) is 2.87. The molecule has 1 amide bonds. The van der Waals surface area contributed by atoms with Gasteiger partial charge in [0.25, 0.3) is 5.91 Å². The third-order valence-electron chi connectivity index (χ3n) is 3.52. The Hall–Kier alpha value is -3.23. The van der Waals surface area contributed by atoms with Crippen molar-refractivity contribution in [2.24, 2.45) is 5.73 Å². The second-order valence-corrected chi connectivity index (χ2v) is 5.01. The molecule has 6 nitrogen and oxygen atoms in total. The van der Waals surface area contributed by atoms with Crippen LogP contribution in [-0.4, -0.2) is 29.0 Å². The number of methoxy groups -OCH3 is 1. The largest absolute Gasteiger partial charge is 0.496 e. The molecule has 130 valence electrons. The van der Waals surface area contributed by atoms with Crippen LogP contribution in [0.5, 0.6) is 11.5 Å². The molecule has 25 heavy (non-hydrogen) atoms. The summed E-state index contributed by atoms with van der Waals surface area (Å²) in [6, 6.07) is 5.10. The zero-order chi connectivity index (χ0) is 18.1. The zero-order valence-corrected chi connectivity index (χ0v) is 12.9. The second kappa shape index (κ2) is 6.34. The van der Waals surface area contributed by atoms with Gasteiger partial charge in [0.2, 0.25) is 0 Å². The van der Waals surface area contributed by atoms with Gasteiger partial charge >= 0.3 is 6.61 Å². The highest BCUT2D eigenvalue weighted by atomic mass is 19.3. The van der Waals surface area contributed by atoms with Crippen LogP contribution in [0.3, 0.4) is 0 Å². The number of nitrogens with zero attached hydrogens (tertiary/aromatic N) is 2. The maximum atomic E-state index is 13.3. The number of halogens is 3. The van der Waals surface area contributed by atoms with Crippen molar-refractivity contribution in [1.29, 1.82) is 0 Å². The van der Waals surface area contributed by atoms with Gasteiger partial charge in [-0.3, -0.25) is 9.20 Å². The molecule has 0 aliphatic rings. The summed E-state index contributed by atoms with van der Waals surface area (Å²) in [5.41, 5.74) is 6.10. The van der Waals surface area contributed by atoms with Crippen LogP contribution in [0.4, 0.5) is 13.2 Å². The molecule has 0 atom stereocenters. The molecule has 9 heteroatoms. The van der Waals surface area contributed by atoms with E-state index in [1.54, 1.807) is 4.40 Å². The van der Waals surface area contributed by atoms with E-state index in [2.05, 4.69) is 9.72 Å². The Morgan fingerprint density at radius 3 is 2.64 bits per heavy atom. The minimum absolute atomic E-state index is 0.0299. The fraction of sp³-hybridized carbons (Fsp3) is 0.125. The smallest absolute Gasteiger partial charge is 0.387 e. The number of benzene rings is 1. The molecule has 1 aromatic carbocycles. The predicted molar refractivity (Wildman–Crippen MR) is 82.3 cm³/mol. The lowest BCUT2D eigenvalue weighted by Gasteiger charge is -2.14. The highest BCUT2D eigenvalue weighted by Crippen LogP contribution is 2.36. The Kier molecular flexibility index (Phi) is 4.22. The van der Waals surface area contributed by atoms with Crippen molar-refractivity contribution in [1.82, 2.24) is 9.38 Å². The number of pyridine rings is 1. The molecule has 0 saturated heterocycles. The monoisotopic (exact) mass is 351 g/mol. The van der Waals surface area contributed by atoms with E-state index < -0.39 is 24.1 Å². The minimum Gasteiger partial charge on any atom is -0.496 e. The Bertz CT molecular complexity index is 956. The molecule has 3 rings (SSSR count). The van der Waals surface area contributed by atoms with Crippen LogP contribution >= 0.6 is 0 Å². The normalized spacial score (nSPS) is 11.1. The molecular weight excluding hydrogens is 339 g/mol. The molecule has 0 saturated carbocycles. The molecule has 0 fully saturated rings. The van der Waals surface area contributed by atoms with Gasteiger partial charge in [0.1, 0.15) is 28.5 Å². The molecule has 0 bridgehead atoms. The summed E-state index contributed by atoms with van der Waals surface area (Å²) in [5, 5.41) is 0. The van der Waals surface area contributed by atoms with Crippen molar-refractivity contribution < 1.29 is 27.4 Å². The third kappa shape index (κ3) is 3.08. The summed E-state index contributed by atoms with van der Waals surface area (Å²) in [5.74, 6) is -1.89. The third-order valence-corrected chi connectivity index (χ3v) is 3.52. The Balaban J connectivity index is 2.23. The number of carbonyl (C=O) groups is 1. The average Bonchev–Trinajstić information content (AvgIpc) is 2.95. The average molecular weight is 351 g/mol. The van der Waals surface area contributed by atoms with E-state index in [1.807, 2.05) is 0 Å². The van der Waals surface area contributed by atoms with Crippen molar-refractivity contribution in [2.45, 2.75) is 6.61 Å². The predicted octanol–water partition coefficient (Wildman–Crippen LogP) is 2.85. The minimum atomic E-state index is -3.16. The number of ether oxygens (including phenoxy) is 2. The van der Waals surface area contributed by atoms with Crippen LogP contribution in [0.2, 0.25) is 0 Å². The lowest BCUT2D eigenvalue weighted by atomic mass is 10.1. The molecular formula is C16H12F3N3O3. The lowest BCUT2D eigenvalue weighted by Crippen LogP contribution is -2.16. The molecule has 2 heterocycles. The standard InChI is InChI=1S/C16H12F3N3O3/c1-24-11-4-8(5-12(25-16(18)19)14(11)15(20)23)10-7-21-13-6-9(17)2-3-22(10)13/h2-7,16H,1H3,(H2,20,23). The number of imidazole rings is 1. The summed E-state index contributed by atoms with van der Waals surface area (Å²) >= 11 is 0. The first-order valence-corrected chi connectivity index (χ1v) is 7.00. The van der Waals surface area contributed by atoms with E-state index in [9.17, 15) is 18.0 Å². The van der Waals surface area contributed by atoms with E-state index in [-0.39, 0.29) is 11.3 Å². The summed E-state index contributed by atoms with van der Waals surface area (Å²) < 4.78 is 49.7. The highest BCUT2D eigenvalue weighted by Gasteiger charge is 2.22. The summed E-state index contributed by atoms with van der Waals surface area (Å²) in [4.78, 5) is 15.6. The number of nitrogens with two attached hydrogens (primary N) is 1. The number of fused-ring (bicyclic) bond motifs is 1. The van der Waals surface area contributed by atoms with Crippen molar-refractivity contribution in [3.63, 3.8) is 0 Å². The Labute approximate surface area is 139 Å². The van der Waals surface area contributed by atoms with Gasteiger partial charge in [-0.1, -0.05) is 0 Å². The molecule has 0 spiro atoms. The fourth-order valence-corrected chi connectivity index (χ4v) is 2.50. The lowest BCUT2D eigenvalue weighted by molar-refractivity contribution is -0.0502. The van der Waals surface area contributed by atoms with E-state index >= 15 is 0 Å². The first-order valence-electron chi connectivity index (χ1n) is 7.00. The number of alkyl halides is 2. The van der Waals surface area contributed by atoms with Gasteiger partial charge in [0.15, 0.2) is 0 Å². The number of hydrogen-bond acceptors (Lipinski definition) is 4. The van der Waals surface area contributed by atoms with Gasteiger partial charge in [0, 0.05) is 17.8 Å². The molecule has 0 unspecified atom stereocenters. The molecule has 2 aromatic heterocycles. The van der Waals surface area contributed by atoms with Gasteiger partial charge in [-0.2, -0.15) is 8.78 Å². The maximum absolute atomic E-state index is 13.3. The quantitative estimate of drug-likeness (QED) is 0.767. The van der Waals surface area contributed by atoms with E-state index in [1.165, 1.54) is 43.8 Å². The van der Waals surface area contributed by atoms with Crippen LogP contribution in [0.1, 0.15) is 10.4 Å². The highest BCUT2D eigenvalue weighted by molar-refractivity contribution is 5.99. The Morgan fingerprint density at radius 1 is 1.28 bits per heavy atom. The number of rotatable bonds is 5. The number of amides is 1. The van der Waals surface area contributed by atoms with Crippen LogP contribution in [0, 0.1) is 5.82 Å². The van der Waals surface area contributed by atoms with Crippen molar-refractivity contribution in [2.75, 3.05) is 7.11 Å². The Morgan fingerprint density at radius 2 is 2.00 bits per heavy atom. The van der Waals surface area contributed by atoms with E-state index in [4.69, 9.17) is 10.5 Å². The van der Waals surface area contributed by atoms with E-state index in [0.29, 0.717) is 16.9 Å². The summed E-state index contributed by atoms with van der Waals surface area (Å²) in [7, 11) is 1.27. The first-order chi connectivity index (χ1) is 11.9. The van der Waals surface area contributed by atoms with Crippen molar-refractivity contribution in [3.05, 3.63) is 48.0 Å². The summed E-state index contributed by atoms with van der Waals surface area (Å²) in [6.45, 7) is -3.16. The maximum Gasteiger partial charge on any atom is 0.387 e. The van der Waals surface area contributed by atoms with E-state index in [0.717, 1.165) is 0 Å². The molecule has 3 aromatic rings. The number of aromatic nitrogens is 2. The number of primary amides is 1. The molecule has 2 N–H and O–H groups in total. The van der Waals surface area contributed by atoms with Crippen LogP contribution in [-0.2, 0) is 0 Å². The molecule has 0 aliphatic carbocycles. The fourth-order valence-electron chi connectivity index (χ4n) is 2.50. The zero-order valence-electron chi connectivity index (χ0n) is 12.9. The van der Waals surface area contributed by atoms with Crippen molar-refractivity contribution in [3.8, 4) is 22.8 Å². The number of hydrogen-bond donors (Lipinski definition) is 1. The second-order valence-electron chi connectivity index (χ2n) is 5.01. The SMILES string of the molecule is COc1cc(-c2cnc3cc(F)ccn23)cc(OC(F)F)c1C(N)=O. The van der Waals surface area contributed by atoms with Gasteiger partial charge in [-0.05, 0) is 18.2 Å². The first kappa shape index (κ1) is 16.6. The van der Waals surface area contributed by atoms with Gasteiger partial charge in [0.05, 0.1) is 19.0 Å². The number of carbonyl (C=O) groups excluding carboxylic acids is 1. The van der Waals surface area contributed by atoms with Gasteiger partial charge in [-0.25, -0.2) is 9.37 Å². The van der Waals surface area contributed by atoms with Crippen LogP contribution in [0.25, 0.3) is 16.9 Å². The van der Waals surface area contributed by atoms with Gasteiger partial charge in [-0.15, -0.1) is 0 Å². The van der Waals surface area contributed by atoms with Crippen LogP contribution < -0.4 is 15.2 Å².